The molecular formula is C11H19NO2. The summed E-state index contributed by atoms with van der Waals surface area (Å²) in [4.78, 5) is 0. The standard InChI is InChI=1S/C11H19NO2/c1-2-11-10(7-9(1)14-11)12-8-3-5-13-6-4-8/h8-12H,1-7H2/t9?,10-,11?/m0/s1. The van der Waals surface area contributed by atoms with Crippen LogP contribution in [0.1, 0.15) is 32.1 Å². The Bertz CT molecular complexity index is 203. The molecule has 3 heteroatoms. The molecule has 3 heterocycles. The molecule has 0 aromatic rings. The lowest BCUT2D eigenvalue weighted by molar-refractivity contribution is 0.0659. The Labute approximate surface area is 85.1 Å². The third kappa shape index (κ3) is 1.69. The minimum atomic E-state index is 0.517. The largest absolute Gasteiger partial charge is 0.381 e. The molecule has 0 spiro atoms. The fourth-order valence-corrected chi connectivity index (χ4v) is 2.98. The van der Waals surface area contributed by atoms with Crippen molar-refractivity contribution in [3.8, 4) is 0 Å². The second kappa shape index (κ2) is 3.80. The van der Waals surface area contributed by atoms with Gasteiger partial charge in [-0.15, -0.1) is 0 Å². The van der Waals surface area contributed by atoms with Gasteiger partial charge < -0.3 is 14.8 Å². The van der Waals surface area contributed by atoms with Crippen molar-refractivity contribution in [1.29, 1.82) is 0 Å². The first-order valence-electron chi connectivity index (χ1n) is 5.91. The average Bonchev–Trinajstić information content (AvgIpc) is 2.81. The quantitative estimate of drug-likeness (QED) is 0.718. The maximum Gasteiger partial charge on any atom is 0.0733 e. The monoisotopic (exact) mass is 197 g/mol. The summed E-state index contributed by atoms with van der Waals surface area (Å²) in [6, 6.07) is 1.31. The highest BCUT2D eigenvalue weighted by Gasteiger charge is 2.41. The van der Waals surface area contributed by atoms with E-state index in [1.165, 1.54) is 32.1 Å². The molecule has 3 nitrogen and oxygen atoms in total. The minimum Gasteiger partial charge on any atom is -0.381 e. The Morgan fingerprint density at radius 1 is 1.00 bits per heavy atom. The first-order valence-corrected chi connectivity index (χ1v) is 5.91. The maximum absolute atomic E-state index is 5.83. The number of fused-ring (bicyclic) bond motifs is 2. The number of rotatable bonds is 2. The molecule has 0 amide bonds. The zero-order valence-corrected chi connectivity index (χ0v) is 8.58. The van der Waals surface area contributed by atoms with Gasteiger partial charge in [-0.2, -0.15) is 0 Å². The predicted octanol–water partition coefficient (Wildman–Crippen LogP) is 1.07. The Kier molecular flexibility index (Phi) is 2.48. The summed E-state index contributed by atoms with van der Waals surface area (Å²) in [6.07, 6.45) is 7.23. The second-order valence-corrected chi connectivity index (χ2v) is 4.77. The second-order valence-electron chi connectivity index (χ2n) is 4.77. The molecule has 3 aliphatic heterocycles. The Morgan fingerprint density at radius 2 is 1.86 bits per heavy atom. The third-order valence-electron chi connectivity index (χ3n) is 3.78. The van der Waals surface area contributed by atoms with E-state index in [0.29, 0.717) is 24.3 Å². The summed E-state index contributed by atoms with van der Waals surface area (Å²) in [5.74, 6) is 0. The molecule has 3 atom stereocenters. The van der Waals surface area contributed by atoms with Gasteiger partial charge in [-0.1, -0.05) is 0 Å². The SMILES string of the molecule is C1CC(N[C@H]2CC3CCC2O3)CCO1. The summed E-state index contributed by atoms with van der Waals surface area (Å²) in [5, 5.41) is 3.74. The fourth-order valence-electron chi connectivity index (χ4n) is 2.98. The highest BCUT2D eigenvalue weighted by Crippen LogP contribution is 2.34. The Balaban J connectivity index is 1.52. The van der Waals surface area contributed by atoms with E-state index in [9.17, 15) is 0 Å². The van der Waals surface area contributed by atoms with Crippen LogP contribution < -0.4 is 5.32 Å². The maximum atomic E-state index is 5.83. The van der Waals surface area contributed by atoms with Gasteiger partial charge in [-0.3, -0.25) is 0 Å². The molecule has 14 heavy (non-hydrogen) atoms. The summed E-state index contributed by atoms with van der Waals surface area (Å²) < 4.78 is 11.2. The highest BCUT2D eigenvalue weighted by atomic mass is 16.5. The predicted molar refractivity (Wildman–Crippen MR) is 53.3 cm³/mol. The van der Waals surface area contributed by atoms with Crippen molar-refractivity contribution in [3.05, 3.63) is 0 Å². The summed E-state index contributed by atoms with van der Waals surface area (Å²) in [7, 11) is 0. The zero-order chi connectivity index (χ0) is 9.38. The molecule has 0 aliphatic carbocycles. The van der Waals surface area contributed by atoms with E-state index in [2.05, 4.69) is 5.32 Å². The van der Waals surface area contributed by atoms with E-state index in [4.69, 9.17) is 9.47 Å². The number of ether oxygens (including phenoxy) is 2. The van der Waals surface area contributed by atoms with E-state index in [0.717, 1.165) is 13.2 Å². The van der Waals surface area contributed by atoms with Crippen LogP contribution in [-0.2, 0) is 9.47 Å². The average molecular weight is 197 g/mol. The van der Waals surface area contributed by atoms with E-state index in [-0.39, 0.29) is 0 Å². The van der Waals surface area contributed by atoms with Crippen LogP contribution in [0.25, 0.3) is 0 Å². The Hall–Kier alpha value is -0.120. The van der Waals surface area contributed by atoms with Crippen LogP contribution in [0.3, 0.4) is 0 Å². The van der Waals surface area contributed by atoms with E-state index >= 15 is 0 Å². The molecule has 0 aromatic heterocycles. The molecule has 3 saturated heterocycles. The van der Waals surface area contributed by atoms with Crippen molar-refractivity contribution in [1.82, 2.24) is 5.32 Å². The number of nitrogens with one attached hydrogen (secondary N) is 1. The van der Waals surface area contributed by atoms with Gasteiger partial charge in [-0.05, 0) is 32.1 Å². The van der Waals surface area contributed by atoms with E-state index in [1.807, 2.05) is 0 Å². The highest BCUT2D eigenvalue weighted by molar-refractivity contribution is 4.95. The smallest absolute Gasteiger partial charge is 0.0733 e. The molecule has 3 fully saturated rings. The van der Waals surface area contributed by atoms with E-state index in [1.54, 1.807) is 0 Å². The summed E-state index contributed by atoms with van der Waals surface area (Å²) >= 11 is 0. The topological polar surface area (TPSA) is 30.5 Å². The fraction of sp³-hybridized carbons (Fsp3) is 1.00. The molecule has 3 rings (SSSR count). The summed E-state index contributed by atoms with van der Waals surface area (Å²) in [6.45, 7) is 1.86. The van der Waals surface area contributed by atoms with Crippen molar-refractivity contribution < 1.29 is 9.47 Å². The van der Waals surface area contributed by atoms with Crippen molar-refractivity contribution in [2.75, 3.05) is 13.2 Å². The molecule has 2 bridgehead atoms. The van der Waals surface area contributed by atoms with Crippen molar-refractivity contribution in [2.45, 2.75) is 56.4 Å². The van der Waals surface area contributed by atoms with Crippen molar-refractivity contribution in [3.63, 3.8) is 0 Å². The molecular weight excluding hydrogens is 178 g/mol. The van der Waals surface area contributed by atoms with Crippen LogP contribution in [-0.4, -0.2) is 37.5 Å². The van der Waals surface area contributed by atoms with Gasteiger partial charge in [0.15, 0.2) is 0 Å². The van der Waals surface area contributed by atoms with Gasteiger partial charge >= 0.3 is 0 Å². The molecule has 2 unspecified atom stereocenters. The van der Waals surface area contributed by atoms with Gasteiger partial charge in [-0.25, -0.2) is 0 Å². The lowest BCUT2D eigenvalue weighted by Crippen LogP contribution is -2.46. The molecule has 0 radical (unpaired) electrons. The van der Waals surface area contributed by atoms with Gasteiger partial charge in [0, 0.05) is 25.3 Å². The van der Waals surface area contributed by atoms with Crippen LogP contribution >= 0.6 is 0 Å². The van der Waals surface area contributed by atoms with Gasteiger partial charge in [0.05, 0.1) is 12.2 Å². The van der Waals surface area contributed by atoms with Crippen molar-refractivity contribution >= 4 is 0 Å². The van der Waals surface area contributed by atoms with Gasteiger partial charge in [0.2, 0.25) is 0 Å². The van der Waals surface area contributed by atoms with E-state index < -0.39 is 0 Å². The first-order chi connectivity index (χ1) is 6.92. The zero-order valence-electron chi connectivity index (χ0n) is 8.58. The molecule has 3 aliphatic rings. The van der Waals surface area contributed by atoms with Crippen LogP contribution in [0.15, 0.2) is 0 Å². The lowest BCUT2D eigenvalue weighted by atomic mass is 9.94. The summed E-state index contributed by atoms with van der Waals surface area (Å²) in [5.41, 5.74) is 0. The molecule has 0 aromatic carbocycles. The van der Waals surface area contributed by atoms with Gasteiger partial charge in [0.1, 0.15) is 0 Å². The van der Waals surface area contributed by atoms with Crippen molar-refractivity contribution in [2.24, 2.45) is 0 Å². The molecule has 1 N–H and O–H groups in total. The third-order valence-corrected chi connectivity index (χ3v) is 3.78. The normalized spacial score (nSPS) is 43.3. The van der Waals surface area contributed by atoms with Crippen LogP contribution in [0.2, 0.25) is 0 Å². The molecule has 80 valence electrons. The lowest BCUT2D eigenvalue weighted by Gasteiger charge is -2.29. The Morgan fingerprint density at radius 3 is 2.50 bits per heavy atom. The van der Waals surface area contributed by atoms with Crippen LogP contribution in [0.4, 0.5) is 0 Å². The number of hydrogen-bond donors (Lipinski definition) is 1. The van der Waals surface area contributed by atoms with Crippen LogP contribution in [0, 0.1) is 0 Å². The minimum absolute atomic E-state index is 0.517. The van der Waals surface area contributed by atoms with Gasteiger partial charge in [0.25, 0.3) is 0 Å². The molecule has 0 saturated carbocycles. The van der Waals surface area contributed by atoms with Crippen LogP contribution in [0.5, 0.6) is 0 Å². The first kappa shape index (κ1) is 9.13. The number of hydrogen-bond acceptors (Lipinski definition) is 3.